The van der Waals surface area contributed by atoms with Gasteiger partial charge in [-0.1, -0.05) is 5.16 Å². The van der Waals surface area contributed by atoms with Crippen LogP contribution in [0.3, 0.4) is 0 Å². The predicted molar refractivity (Wildman–Crippen MR) is 51.6 cm³/mol. The van der Waals surface area contributed by atoms with Gasteiger partial charge in [-0.25, -0.2) is 0 Å². The number of hydrogen-bond donors (Lipinski definition) is 1. The summed E-state index contributed by atoms with van der Waals surface area (Å²) >= 11 is 0. The Bertz CT molecular complexity index is 279. The summed E-state index contributed by atoms with van der Waals surface area (Å²) in [5, 5.41) is 3.87. The van der Waals surface area contributed by atoms with Gasteiger partial charge in [0.2, 0.25) is 0 Å². The molecule has 1 aliphatic heterocycles. The minimum atomic E-state index is 0.456. The van der Waals surface area contributed by atoms with E-state index in [-0.39, 0.29) is 0 Å². The second-order valence-electron chi connectivity index (χ2n) is 3.75. The summed E-state index contributed by atoms with van der Waals surface area (Å²) in [6.45, 7) is 2.21. The zero-order valence-corrected chi connectivity index (χ0v) is 8.24. The second-order valence-corrected chi connectivity index (χ2v) is 3.75. The molecule has 0 aliphatic carbocycles. The molecule has 1 aromatic heterocycles. The summed E-state index contributed by atoms with van der Waals surface area (Å²) in [4.78, 5) is 0. The molecule has 1 fully saturated rings. The van der Waals surface area contributed by atoms with E-state index in [2.05, 4.69) is 5.16 Å². The van der Waals surface area contributed by atoms with Gasteiger partial charge in [0.15, 0.2) is 0 Å². The van der Waals surface area contributed by atoms with Crippen molar-refractivity contribution in [2.75, 3.05) is 13.2 Å². The minimum Gasteiger partial charge on any atom is -0.381 e. The van der Waals surface area contributed by atoms with Crippen LogP contribution in [0.25, 0.3) is 0 Å². The van der Waals surface area contributed by atoms with E-state index < -0.39 is 0 Å². The first-order valence-electron chi connectivity index (χ1n) is 5.11. The lowest BCUT2D eigenvalue weighted by Gasteiger charge is -2.20. The average molecular weight is 196 g/mol. The highest BCUT2D eigenvalue weighted by Gasteiger charge is 2.16. The molecule has 0 saturated carbocycles. The van der Waals surface area contributed by atoms with Crippen LogP contribution >= 0.6 is 0 Å². The van der Waals surface area contributed by atoms with E-state index >= 15 is 0 Å². The summed E-state index contributed by atoms with van der Waals surface area (Å²) in [7, 11) is 0. The van der Waals surface area contributed by atoms with E-state index in [0.29, 0.717) is 12.5 Å². The fraction of sp³-hybridized carbons (Fsp3) is 0.700. The van der Waals surface area contributed by atoms with Crippen LogP contribution in [-0.2, 0) is 17.7 Å². The molecule has 14 heavy (non-hydrogen) atoms. The van der Waals surface area contributed by atoms with Gasteiger partial charge in [-0.15, -0.1) is 0 Å². The molecule has 1 aromatic rings. The van der Waals surface area contributed by atoms with E-state index in [1.807, 2.05) is 6.07 Å². The molecule has 0 bridgehead atoms. The van der Waals surface area contributed by atoms with Crippen molar-refractivity contribution in [1.29, 1.82) is 0 Å². The Morgan fingerprint density at radius 1 is 1.43 bits per heavy atom. The van der Waals surface area contributed by atoms with Crippen LogP contribution in [-0.4, -0.2) is 18.4 Å². The Hall–Kier alpha value is -0.870. The predicted octanol–water partition coefficient (Wildman–Crippen LogP) is 1.10. The number of ether oxygens (including phenoxy) is 1. The lowest BCUT2D eigenvalue weighted by molar-refractivity contribution is 0.0646. The SMILES string of the molecule is NCc1cc(CC2CCOCC2)on1. The van der Waals surface area contributed by atoms with Crippen molar-refractivity contribution >= 4 is 0 Å². The Morgan fingerprint density at radius 2 is 2.21 bits per heavy atom. The molecule has 1 aliphatic rings. The van der Waals surface area contributed by atoms with Crippen LogP contribution < -0.4 is 5.73 Å². The highest BCUT2D eigenvalue weighted by atomic mass is 16.5. The third-order valence-electron chi connectivity index (χ3n) is 2.65. The van der Waals surface area contributed by atoms with Gasteiger partial charge in [-0.2, -0.15) is 0 Å². The van der Waals surface area contributed by atoms with E-state index in [1.165, 1.54) is 0 Å². The third kappa shape index (κ3) is 2.33. The third-order valence-corrected chi connectivity index (χ3v) is 2.65. The smallest absolute Gasteiger partial charge is 0.137 e. The number of nitrogens with two attached hydrogens (primary N) is 1. The van der Waals surface area contributed by atoms with Crippen LogP contribution in [0, 0.1) is 5.92 Å². The van der Waals surface area contributed by atoms with Crippen molar-refractivity contribution < 1.29 is 9.26 Å². The number of hydrogen-bond acceptors (Lipinski definition) is 4. The van der Waals surface area contributed by atoms with Crippen LogP contribution in [0.15, 0.2) is 10.6 Å². The fourth-order valence-electron chi connectivity index (χ4n) is 1.78. The maximum absolute atomic E-state index is 5.45. The summed E-state index contributed by atoms with van der Waals surface area (Å²) in [6.07, 6.45) is 3.22. The quantitative estimate of drug-likeness (QED) is 0.786. The van der Waals surface area contributed by atoms with E-state index in [0.717, 1.165) is 43.9 Å². The number of rotatable bonds is 3. The van der Waals surface area contributed by atoms with Crippen LogP contribution in [0.2, 0.25) is 0 Å². The maximum atomic E-state index is 5.45. The van der Waals surface area contributed by atoms with Gasteiger partial charge in [0.1, 0.15) is 5.76 Å². The first-order chi connectivity index (χ1) is 6.88. The van der Waals surface area contributed by atoms with Crippen molar-refractivity contribution in [3.63, 3.8) is 0 Å². The average Bonchev–Trinajstić information content (AvgIpc) is 2.67. The van der Waals surface area contributed by atoms with Gasteiger partial charge in [-0.05, 0) is 18.8 Å². The summed E-state index contributed by atoms with van der Waals surface area (Å²) in [6, 6.07) is 1.95. The van der Waals surface area contributed by atoms with E-state index in [9.17, 15) is 0 Å². The molecule has 0 spiro atoms. The summed E-state index contributed by atoms with van der Waals surface area (Å²) in [5.74, 6) is 1.64. The van der Waals surface area contributed by atoms with Crippen molar-refractivity contribution in [2.24, 2.45) is 11.7 Å². The Morgan fingerprint density at radius 3 is 2.86 bits per heavy atom. The van der Waals surface area contributed by atoms with Crippen molar-refractivity contribution in [1.82, 2.24) is 5.16 Å². The Balaban J connectivity index is 1.89. The van der Waals surface area contributed by atoms with Gasteiger partial charge in [0.25, 0.3) is 0 Å². The molecule has 0 aromatic carbocycles. The van der Waals surface area contributed by atoms with Gasteiger partial charge in [0, 0.05) is 32.2 Å². The summed E-state index contributed by atoms with van der Waals surface area (Å²) < 4.78 is 10.5. The largest absolute Gasteiger partial charge is 0.381 e. The number of aromatic nitrogens is 1. The standard InChI is InChI=1S/C10H16N2O2/c11-7-9-6-10(14-12-9)5-8-1-3-13-4-2-8/h6,8H,1-5,7,11H2. The van der Waals surface area contributed by atoms with Crippen LogP contribution in [0.4, 0.5) is 0 Å². The molecule has 2 rings (SSSR count). The molecule has 0 atom stereocenters. The number of nitrogens with zero attached hydrogens (tertiary/aromatic N) is 1. The minimum absolute atomic E-state index is 0.456. The zero-order valence-electron chi connectivity index (χ0n) is 8.24. The highest BCUT2D eigenvalue weighted by Crippen LogP contribution is 2.20. The zero-order chi connectivity index (χ0) is 9.80. The van der Waals surface area contributed by atoms with Gasteiger partial charge in [-0.3, -0.25) is 0 Å². The molecule has 0 radical (unpaired) electrons. The van der Waals surface area contributed by atoms with Crippen molar-refractivity contribution in [3.05, 3.63) is 17.5 Å². The van der Waals surface area contributed by atoms with Crippen LogP contribution in [0.1, 0.15) is 24.3 Å². The first kappa shape index (κ1) is 9.68. The van der Waals surface area contributed by atoms with Gasteiger partial charge in [0.05, 0.1) is 5.69 Å². The molecular formula is C10H16N2O2. The van der Waals surface area contributed by atoms with Crippen LogP contribution in [0.5, 0.6) is 0 Å². The molecule has 0 unspecified atom stereocenters. The maximum Gasteiger partial charge on any atom is 0.137 e. The van der Waals surface area contributed by atoms with Crippen molar-refractivity contribution in [2.45, 2.75) is 25.8 Å². The Labute approximate surface area is 83.4 Å². The van der Waals surface area contributed by atoms with Gasteiger partial charge < -0.3 is 15.0 Å². The second kappa shape index (κ2) is 4.57. The van der Waals surface area contributed by atoms with Gasteiger partial charge >= 0.3 is 0 Å². The van der Waals surface area contributed by atoms with Crippen molar-refractivity contribution in [3.8, 4) is 0 Å². The molecule has 78 valence electrons. The molecule has 4 heteroatoms. The monoisotopic (exact) mass is 196 g/mol. The van der Waals surface area contributed by atoms with E-state index in [1.54, 1.807) is 0 Å². The molecule has 4 nitrogen and oxygen atoms in total. The molecular weight excluding hydrogens is 180 g/mol. The van der Waals surface area contributed by atoms with E-state index in [4.69, 9.17) is 15.0 Å². The molecule has 0 amide bonds. The topological polar surface area (TPSA) is 61.3 Å². The summed E-state index contributed by atoms with van der Waals surface area (Å²) in [5.41, 5.74) is 6.29. The lowest BCUT2D eigenvalue weighted by Crippen LogP contribution is -2.17. The molecule has 1 saturated heterocycles. The highest BCUT2D eigenvalue weighted by molar-refractivity contribution is 5.05. The first-order valence-corrected chi connectivity index (χ1v) is 5.11. The molecule has 2 N–H and O–H groups in total. The lowest BCUT2D eigenvalue weighted by atomic mass is 9.95. The Kier molecular flexibility index (Phi) is 3.16. The molecule has 2 heterocycles. The fourth-order valence-corrected chi connectivity index (χ4v) is 1.78. The normalized spacial score (nSPS) is 18.6.